The summed E-state index contributed by atoms with van der Waals surface area (Å²) in [6.07, 6.45) is 1.88. The summed E-state index contributed by atoms with van der Waals surface area (Å²) in [7, 11) is 0. The van der Waals surface area contributed by atoms with Gasteiger partial charge >= 0.3 is 5.69 Å². The van der Waals surface area contributed by atoms with E-state index in [1.54, 1.807) is 0 Å². The van der Waals surface area contributed by atoms with Crippen molar-refractivity contribution in [1.82, 2.24) is 14.3 Å². The molecule has 5 nitrogen and oxygen atoms in total. The lowest BCUT2D eigenvalue weighted by Crippen LogP contribution is -2.38. The number of fused-ring (bicyclic) bond motifs is 1. The molecule has 2 aromatic rings. The molecule has 2 aliphatic rings. The summed E-state index contributed by atoms with van der Waals surface area (Å²) in [5.41, 5.74) is 0.186. The Kier molecular flexibility index (Phi) is 2.94. The average molecular weight is 307 g/mol. The molecule has 0 radical (unpaired) electrons. The van der Waals surface area contributed by atoms with Crippen LogP contribution in [0.3, 0.4) is 0 Å². The molecule has 1 N–H and O–H groups in total. The molecule has 2 heterocycles. The van der Waals surface area contributed by atoms with Gasteiger partial charge in [0.1, 0.15) is 17.5 Å². The van der Waals surface area contributed by atoms with Gasteiger partial charge in [0.2, 0.25) is 0 Å². The fourth-order valence-corrected chi connectivity index (χ4v) is 3.39. The third-order valence-electron chi connectivity index (χ3n) is 4.56. The first-order valence-corrected chi connectivity index (χ1v) is 7.37. The first-order chi connectivity index (χ1) is 10.5. The Hall–Kier alpha value is -2.02. The lowest BCUT2D eigenvalue weighted by Gasteiger charge is -2.30. The van der Waals surface area contributed by atoms with Crippen LogP contribution in [0, 0.1) is 11.6 Å². The number of hydrogen-bond acceptors (Lipinski definition) is 3. The van der Waals surface area contributed by atoms with E-state index in [1.165, 1.54) is 21.4 Å². The van der Waals surface area contributed by atoms with Gasteiger partial charge in [-0.3, -0.25) is 4.57 Å². The van der Waals surface area contributed by atoms with Gasteiger partial charge in [-0.05, 0) is 37.0 Å². The second-order valence-electron chi connectivity index (χ2n) is 6.05. The molecule has 4 rings (SSSR count). The van der Waals surface area contributed by atoms with Gasteiger partial charge in [-0.1, -0.05) is 0 Å². The molecule has 1 atom stereocenters. The van der Waals surface area contributed by atoms with Crippen LogP contribution in [0.15, 0.2) is 23.0 Å². The van der Waals surface area contributed by atoms with Crippen molar-refractivity contribution in [2.75, 3.05) is 0 Å². The van der Waals surface area contributed by atoms with Crippen molar-refractivity contribution in [3.63, 3.8) is 0 Å². The molecule has 116 valence electrons. The smallest absolute Gasteiger partial charge is 0.346 e. The zero-order valence-electron chi connectivity index (χ0n) is 11.7. The summed E-state index contributed by atoms with van der Waals surface area (Å²) >= 11 is 0. The summed E-state index contributed by atoms with van der Waals surface area (Å²) in [5, 5.41) is 13.7. The minimum absolute atomic E-state index is 0.0782. The highest BCUT2D eigenvalue weighted by Gasteiger charge is 2.35. The summed E-state index contributed by atoms with van der Waals surface area (Å²) in [5.74, 6) is -0.655. The quantitative estimate of drug-likeness (QED) is 0.916. The van der Waals surface area contributed by atoms with Crippen LogP contribution in [0.1, 0.15) is 42.7 Å². The van der Waals surface area contributed by atoms with E-state index >= 15 is 0 Å². The van der Waals surface area contributed by atoms with Gasteiger partial charge in [0.25, 0.3) is 0 Å². The fourth-order valence-electron chi connectivity index (χ4n) is 3.39. The Bertz CT molecular complexity index is 772. The van der Waals surface area contributed by atoms with Gasteiger partial charge in [-0.2, -0.15) is 5.10 Å². The van der Waals surface area contributed by atoms with E-state index in [0.717, 1.165) is 6.07 Å². The Morgan fingerprint density at radius 1 is 1.18 bits per heavy atom. The monoisotopic (exact) mass is 307 g/mol. The highest BCUT2D eigenvalue weighted by Crippen LogP contribution is 2.34. The fraction of sp³-hybridized carbons (Fsp3) is 0.467. The topological polar surface area (TPSA) is 60.1 Å². The first-order valence-electron chi connectivity index (χ1n) is 7.37. The van der Waals surface area contributed by atoms with Gasteiger partial charge in [-0.25, -0.2) is 18.3 Å². The zero-order valence-corrected chi connectivity index (χ0v) is 11.7. The molecule has 1 aromatic heterocycles. The SMILES string of the molecule is O=c1n(C2CC(O)C2)nc2n1[C@H](c1cc(F)cc(F)c1)CC2. The van der Waals surface area contributed by atoms with Crippen molar-refractivity contribution in [2.45, 2.75) is 43.9 Å². The third-order valence-corrected chi connectivity index (χ3v) is 4.56. The molecule has 1 saturated carbocycles. The predicted molar refractivity (Wildman–Crippen MR) is 73.6 cm³/mol. The molecule has 0 bridgehead atoms. The number of aromatic nitrogens is 3. The van der Waals surface area contributed by atoms with Crippen LogP contribution in [-0.4, -0.2) is 25.6 Å². The molecule has 0 amide bonds. The van der Waals surface area contributed by atoms with E-state index in [4.69, 9.17) is 0 Å². The van der Waals surface area contributed by atoms with Crippen molar-refractivity contribution in [2.24, 2.45) is 0 Å². The van der Waals surface area contributed by atoms with Crippen LogP contribution in [-0.2, 0) is 6.42 Å². The van der Waals surface area contributed by atoms with E-state index in [0.29, 0.717) is 37.1 Å². The summed E-state index contributed by atoms with van der Waals surface area (Å²) in [4.78, 5) is 12.5. The molecule has 1 fully saturated rings. The maximum absolute atomic E-state index is 13.4. The van der Waals surface area contributed by atoms with Crippen molar-refractivity contribution < 1.29 is 13.9 Å². The number of benzene rings is 1. The Morgan fingerprint density at radius 3 is 2.50 bits per heavy atom. The lowest BCUT2D eigenvalue weighted by atomic mass is 9.90. The van der Waals surface area contributed by atoms with Crippen LogP contribution in [0.2, 0.25) is 0 Å². The van der Waals surface area contributed by atoms with E-state index in [-0.39, 0.29) is 23.9 Å². The number of hydrogen-bond donors (Lipinski definition) is 1. The van der Waals surface area contributed by atoms with Gasteiger partial charge in [-0.15, -0.1) is 0 Å². The lowest BCUT2D eigenvalue weighted by molar-refractivity contribution is 0.0413. The number of halogens is 2. The van der Waals surface area contributed by atoms with Crippen LogP contribution in [0.5, 0.6) is 0 Å². The standard InChI is InChI=1S/C15H15F2N3O2/c16-9-3-8(4-10(17)5-9)13-1-2-14-18-20(15(22)19(13)14)11-6-12(21)7-11/h3-5,11-13,21H,1-2,6-7H2/t11?,12?,13-/m0/s1. The number of aliphatic hydroxyl groups is 1. The first kappa shape index (κ1) is 13.6. The van der Waals surface area contributed by atoms with Crippen molar-refractivity contribution in [3.05, 3.63) is 51.7 Å². The van der Waals surface area contributed by atoms with E-state index < -0.39 is 11.6 Å². The normalized spacial score (nSPS) is 26.8. The van der Waals surface area contributed by atoms with Gasteiger partial charge in [0.05, 0.1) is 18.2 Å². The summed E-state index contributed by atoms with van der Waals surface area (Å²) in [6, 6.07) is 2.89. The number of nitrogens with zero attached hydrogens (tertiary/aromatic N) is 3. The number of aryl methyl sites for hydroxylation is 1. The largest absolute Gasteiger partial charge is 0.393 e. The number of rotatable bonds is 2. The maximum Gasteiger partial charge on any atom is 0.346 e. The Labute approximate surface area is 124 Å². The van der Waals surface area contributed by atoms with E-state index in [1.807, 2.05) is 0 Å². The molecule has 0 spiro atoms. The molecule has 7 heteroatoms. The highest BCUT2D eigenvalue weighted by molar-refractivity contribution is 5.24. The maximum atomic E-state index is 13.4. The van der Waals surface area contributed by atoms with Crippen molar-refractivity contribution in [3.8, 4) is 0 Å². The number of aliphatic hydroxyl groups excluding tert-OH is 1. The van der Waals surface area contributed by atoms with Gasteiger partial charge in [0.15, 0.2) is 0 Å². The molecular formula is C15H15F2N3O2. The zero-order chi connectivity index (χ0) is 15.4. The second kappa shape index (κ2) is 4.74. The molecule has 0 saturated heterocycles. The molecule has 0 unspecified atom stereocenters. The molecule has 1 aromatic carbocycles. The minimum Gasteiger partial charge on any atom is -0.393 e. The Morgan fingerprint density at radius 2 is 1.86 bits per heavy atom. The molecule has 1 aliphatic heterocycles. The highest BCUT2D eigenvalue weighted by atomic mass is 19.1. The van der Waals surface area contributed by atoms with Crippen LogP contribution in [0.4, 0.5) is 8.78 Å². The van der Waals surface area contributed by atoms with Crippen LogP contribution < -0.4 is 5.69 Å². The van der Waals surface area contributed by atoms with E-state index in [9.17, 15) is 18.7 Å². The van der Waals surface area contributed by atoms with Crippen LogP contribution in [0.25, 0.3) is 0 Å². The minimum atomic E-state index is -0.647. The molecule has 22 heavy (non-hydrogen) atoms. The van der Waals surface area contributed by atoms with Crippen LogP contribution >= 0.6 is 0 Å². The molecule has 1 aliphatic carbocycles. The van der Waals surface area contributed by atoms with Gasteiger partial charge < -0.3 is 5.11 Å². The van der Waals surface area contributed by atoms with Crippen molar-refractivity contribution >= 4 is 0 Å². The Balaban J connectivity index is 1.74. The summed E-state index contributed by atoms with van der Waals surface area (Å²) < 4.78 is 29.8. The second-order valence-corrected chi connectivity index (χ2v) is 6.05. The average Bonchev–Trinajstić information content (AvgIpc) is 2.95. The summed E-state index contributed by atoms with van der Waals surface area (Å²) in [6.45, 7) is 0. The van der Waals surface area contributed by atoms with Gasteiger partial charge in [0, 0.05) is 12.5 Å². The third kappa shape index (κ3) is 1.99. The molecular weight excluding hydrogens is 292 g/mol. The van der Waals surface area contributed by atoms with E-state index in [2.05, 4.69) is 5.10 Å². The van der Waals surface area contributed by atoms with Crippen molar-refractivity contribution in [1.29, 1.82) is 0 Å². The predicted octanol–water partition coefficient (Wildman–Crippen LogP) is 1.55.